The number of rotatable bonds is 23. The van der Waals surface area contributed by atoms with E-state index < -0.39 is 126 Å². The number of aliphatic hydroxyl groups excluding tert-OH is 5. The van der Waals surface area contributed by atoms with Gasteiger partial charge in [-0.15, -0.1) is 4.68 Å². The number of imidazole rings is 3. The fourth-order valence-electron chi connectivity index (χ4n) is 7.27. The van der Waals surface area contributed by atoms with E-state index in [2.05, 4.69) is 25.3 Å². The van der Waals surface area contributed by atoms with Gasteiger partial charge in [0.25, 0.3) is 36.4 Å². The van der Waals surface area contributed by atoms with Crippen LogP contribution in [0.1, 0.15) is 22.9 Å². The molecule has 1 saturated heterocycles. The largest absolute Gasteiger partial charge is 0.436 e. The zero-order valence-electron chi connectivity index (χ0n) is 42.7. The molecule has 8 atom stereocenters. The van der Waals surface area contributed by atoms with Crippen LogP contribution in [0.3, 0.4) is 0 Å². The molecule has 0 bridgehead atoms. The van der Waals surface area contributed by atoms with Crippen molar-refractivity contribution in [2.24, 2.45) is 10.3 Å². The molecular weight excluding hydrogens is 1140 g/mol. The summed E-state index contributed by atoms with van der Waals surface area (Å²) in [6.45, 7) is 3.16. The monoisotopic (exact) mass is 1190 g/mol. The lowest BCUT2D eigenvalue weighted by Gasteiger charge is -2.17. The van der Waals surface area contributed by atoms with E-state index >= 15 is 0 Å². The van der Waals surface area contributed by atoms with Crippen LogP contribution < -0.4 is 0 Å². The van der Waals surface area contributed by atoms with Crippen LogP contribution >= 0.6 is 0 Å². The van der Waals surface area contributed by atoms with Crippen molar-refractivity contribution in [1.29, 1.82) is 0 Å². The van der Waals surface area contributed by atoms with Crippen molar-refractivity contribution in [3.05, 3.63) is 157 Å². The van der Waals surface area contributed by atoms with Crippen molar-refractivity contribution in [2.75, 3.05) is 26.4 Å². The molecule has 5 N–H and O–H groups in total. The normalized spacial score (nSPS) is 19.1. The van der Waals surface area contributed by atoms with Crippen molar-refractivity contribution in [3.63, 3.8) is 0 Å². The van der Waals surface area contributed by atoms with Crippen LogP contribution in [-0.4, -0.2) is 174 Å². The molecule has 0 saturated carbocycles. The highest BCUT2D eigenvalue weighted by atomic mass is 32.2. The molecule has 2 aliphatic rings. The minimum Gasteiger partial charge on any atom is -0.392 e. The fourth-order valence-corrected chi connectivity index (χ4v) is 10.0. The Morgan fingerprint density at radius 1 is 0.630 bits per heavy atom. The van der Waals surface area contributed by atoms with Crippen LogP contribution in [0.15, 0.2) is 135 Å². The van der Waals surface area contributed by atoms with Crippen molar-refractivity contribution < 1.29 is 87.5 Å². The first-order chi connectivity index (χ1) is 38.2. The van der Waals surface area contributed by atoms with E-state index in [0.29, 0.717) is 0 Å². The second kappa shape index (κ2) is 27.1. The molecule has 3 aromatic carbocycles. The fraction of sp³-hybridized carbons (Fsp3) is 0.378. The van der Waals surface area contributed by atoms with Gasteiger partial charge in [-0.05, 0) is 71.9 Å². The third-order valence-electron chi connectivity index (χ3n) is 11.7. The molecule has 1 fully saturated rings. The highest BCUT2D eigenvalue weighted by Crippen LogP contribution is 2.33. The van der Waals surface area contributed by atoms with Gasteiger partial charge in [0.05, 0.1) is 34.5 Å². The van der Waals surface area contributed by atoms with Gasteiger partial charge in [0, 0.05) is 5.11 Å². The summed E-state index contributed by atoms with van der Waals surface area (Å²) in [5, 5.41) is 90.1. The molecule has 0 spiro atoms. The van der Waals surface area contributed by atoms with Crippen molar-refractivity contribution in [1.82, 2.24) is 28.7 Å². The second-order valence-electron chi connectivity index (χ2n) is 17.6. The Morgan fingerprint density at radius 2 is 1.07 bits per heavy atom. The maximum Gasteiger partial charge on any atom is 0.436 e. The molecular formula is C45H53N12O21S3+. The van der Waals surface area contributed by atoms with Crippen LogP contribution in [0.4, 0.5) is 17.8 Å². The average molecular weight is 1190 g/mol. The van der Waals surface area contributed by atoms with Gasteiger partial charge in [-0.2, -0.15) is 29.8 Å². The molecule has 8 unspecified atom stereocenters. The van der Waals surface area contributed by atoms with Crippen LogP contribution in [0.2, 0.25) is 0 Å². The first kappa shape index (κ1) is 62.4. The SMILES string of the molecule is Cc1ccc(S(=O)(=O)OCC(CO)[N+]2=CC(Cn3ccnc3[N+](=O)[O-])N=N2)cc1.Cc1ccc(S(=O)(=O)OCC(O)C(O)Cn2ccnc2[N+](=O)[O-])cc1.Cc1ccc(S(=O)(=O)OCC2OC(n3ccnc3[N+](=O)[O-])C(O)C2O)cc1. The summed E-state index contributed by atoms with van der Waals surface area (Å²) in [5.74, 6) is -1.40. The average Bonchev–Trinajstić information content (AvgIpc) is 4.33. The standard InChI is InChI=1S/C16H19N6O6S.C15H17N3O8S.C14H17N3O7S/c1-12-2-4-15(5-3-12)29(26,27)28-11-14(10-23)21-9-13(18-19-21)8-20-7-6-17-16(20)22(24)25;1-9-2-4-10(5-3-9)27(23,24)25-8-11-12(19)13(20)14(26-11)17-7-6-16-15(17)18(21)22;1-10-2-4-11(5-3-10)25(22,23)24-9-13(19)12(18)8-16-7-6-15-14(16)17(20)21/h2-7,9,13-14,23H,8,10-11H2,1H3;2-7,11-14,19-20H,8H2,1H3;2-7,12-13,18-19H,8-9H2,1H3/q+1;;. The number of hydrogen-bond acceptors (Lipinski definition) is 26. The van der Waals surface area contributed by atoms with E-state index in [1.54, 1.807) is 50.2 Å². The van der Waals surface area contributed by atoms with Gasteiger partial charge in [-0.25, -0.2) is 9.13 Å². The van der Waals surface area contributed by atoms with Gasteiger partial charge in [0.1, 0.15) is 98.8 Å². The van der Waals surface area contributed by atoms with Gasteiger partial charge >= 0.3 is 17.8 Å². The molecule has 0 radical (unpaired) electrons. The molecule has 81 heavy (non-hydrogen) atoms. The van der Waals surface area contributed by atoms with Crippen molar-refractivity contribution in [3.8, 4) is 0 Å². The third-order valence-corrected chi connectivity index (χ3v) is 15.6. The maximum absolute atomic E-state index is 12.3. The number of nitro groups is 3. The summed E-state index contributed by atoms with van der Waals surface area (Å²) in [6.07, 6.45) is 0.470. The molecule has 2 aliphatic heterocycles. The number of nitrogens with zero attached hydrogens (tertiary/aromatic N) is 12. The Bertz CT molecular complexity index is 3540. The molecule has 6 aromatic rings. The Morgan fingerprint density at radius 3 is 1.57 bits per heavy atom. The van der Waals surface area contributed by atoms with E-state index in [1.807, 2.05) is 6.92 Å². The number of aliphatic hydroxyl groups is 5. The van der Waals surface area contributed by atoms with Gasteiger partial charge < -0.3 is 60.6 Å². The predicted molar refractivity (Wildman–Crippen MR) is 273 cm³/mol. The van der Waals surface area contributed by atoms with Gasteiger partial charge in [0.2, 0.25) is 6.23 Å². The van der Waals surface area contributed by atoms with Crippen LogP contribution in [0, 0.1) is 51.1 Å². The third kappa shape index (κ3) is 16.4. The lowest BCUT2D eigenvalue weighted by molar-refractivity contribution is -0.574. The first-order valence-electron chi connectivity index (χ1n) is 23.6. The number of aromatic nitrogens is 6. The number of hydrogen-bond donors (Lipinski definition) is 5. The molecule has 0 aliphatic carbocycles. The quantitative estimate of drug-likeness (QED) is 0.0259. The molecule has 8 rings (SSSR count). The first-order valence-corrected chi connectivity index (χ1v) is 27.8. The van der Waals surface area contributed by atoms with Crippen molar-refractivity contribution in [2.45, 2.75) is 97.4 Å². The van der Waals surface area contributed by atoms with E-state index in [4.69, 9.17) is 17.3 Å². The number of aryl methyl sites for hydroxylation is 3. The van der Waals surface area contributed by atoms with E-state index in [9.17, 15) is 81.1 Å². The van der Waals surface area contributed by atoms with E-state index in [1.165, 1.54) is 82.8 Å². The number of benzene rings is 3. The molecule has 36 heteroatoms. The molecule has 5 heterocycles. The summed E-state index contributed by atoms with van der Waals surface area (Å²) < 4.78 is 97.7. The minimum atomic E-state index is -4.10. The molecule has 3 aromatic heterocycles. The highest BCUT2D eigenvalue weighted by molar-refractivity contribution is 7.87. The van der Waals surface area contributed by atoms with E-state index in [-0.39, 0.29) is 40.3 Å². The topological polar surface area (TPSA) is 451 Å². The molecule has 0 amide bonds. The van der Waals surface area contributed by atoms with Crippen LogP contribution in [0.25, 0.3) is 0 Å². The minimum absolute atomic E-state index is 0.0112. The van der Waals surface area contributed by atoms with Crippen LogP contribution in [-0.2, 0) is 60.7 Å². The van der Waals surface area contributed by atoms with Crippen molar-refractivity contribution >= 4 is 54.4 Å². The molecule has 436 valence electrons. The van der Waals surface area contributed by atoms with Gasteiger partial charge in [-0.3, -0.25) is 12.5 Å². The van der Waals surface area contributed by atoms with Gasteiger partial charge in [0.15, 0.2) is 6.04 Å². The zero-order chi connectivity index (χ0) is 59.4. The summed E-state index contributed by atoms with van der Waals surface area (Å²) in [5.41, 5.74) is 2.65. The summed E-state index contributed by atoms with van der Waals surface area (Å²) in [4.78, 5) is 41.1. The summed E-state index contributed by atoms with van der Waals surface area (Å²) >= 11 is 0. The van der Waals surface area contributed by atoms with Crippen LogP contribution in [0.5, 0.6) is 0 Å². The smallest absolute Gasteiger partial charge is 0.392 e. The van der Waals surface area contributed by atoms with Gasteiger partial charge in [-0.1, -0.05) is 68.0 Å². The predicted octanol–water partition coefficient (Wildman–Crippen LogP) is 1.05. The Labute approximate surface area is 460 Å². The lowest BCUT2D eigenvalue weighted by atomic mass is 10.1. The summed E-state index contributed by atoms with van der Waals surface area (Å²) in [6, 6.07) is 16.8. The second-order valence-corrected chi connectivity index (χ2v) is 22.5. The maximum atomic E-state index is 12.3. The van der Waals surface area contributed by atoms with E-state index in [0.717, 1.165) is 32.0 Å². The zero-order valence-corrected chi connectivity index (χ0v) is 45.1. The molecule has 33 nitrogen and oxygen atoms in total. The Balaban J connectivity index is 0.000000196. The summed E-state index contributed by atoms with van der Waals surface area (Å²) in [7, 11) is -12.2. The Hall–Kier alpha value is -7.75. The Kier molecular flexibility index (Phi) is 20.9. The lowest BCUT2D eigenvalue weighted by Crippen LogP contribution is -2.35. The highest BCUT2D eigenvalue weighted by Gasteiger charge is 2.47. The number of ether oxygens (including phenoxy) is 1.